The Morgan fingerprint density at radius 1 is 0.864 bits per heavy atom. The fourth-order valence-corrected chi connectivity index (χ4v) is 2.40. The van der Waals surface area contributed by atoms with Crippen molar-refractivity contribution in [3.05, 3.63) is 71.8 Å². The van der Waals surface area contributed by atoms with E-state index >= 15 is 0 Å². The molecule has 2 aromatic carbocycles. The van der Waals surface area contributed by atoms with Gasteiger partial charge in [-0.05, 0) is 25.0 Å². The highest BCUT2D eigenvalue weighted by Crippen LogP contribution is 2.12. The summed E-state index contributed by atoms with van der Waals surface area (Å²) >= 11 is 0. The molecule has 3 heteroatoms. The first kappa shape index (κ1) is 16.2. The van der Waals surface area contributed by atoms with E-state index < -0.39 is 0 Å². The number of benzene rings is 2. The van der Waals surface area contributed by atoms with Crippen molar-refractivity contribution in [1.82, 2.24) is 10.6 Å². The van der Waals surface area contributed by atoms with Gasteiger partial charge in [-0.15, -0.1) is 0 Å². The Balaban J connectivity index is 1.72. The van der Waals surface area contributed by atoms with E-state index in [0.29, 0.717) is 13.0 Å². The van der Waals surface area contributed by atoms with E-state index in [1.54, 1.807) is 0 Å². The molecule has 0 heterocycles. The minimum absolute atomic E-state index is 0.0419. The average Bonchev–Trinajstić information content (AvgIpc) is 2.56. The molecule has 3 nitrogen and oxygen atoms in total. The van der Waals surface area contributed by atoms with Crippen LogP contribution < -0.4 is 10.6 Å². The van der Waals surface area contributed by atoms with Gasteiger partial charge in [0, 0.05) is 19.0 Å². The van der Waals surface area contributed by atoms with E-state index in [1.807, 2.05) is 55.5 Å². The molecule has 0 saturated heterocycles. The van der Waals surface area contributed by atoms with Gasteiger partial charge >= 0.3 is 0 Å². The lowest BCUT2D eigenvalue weighted by Crippen LogP contribution is -2.30. The predicted octanol–water partition coefficient (Wildman–Crippen LogP) is 3.60. The molecule has 2 atom stereocenters. The van der Waals surface area contributed by atoms with E-state index in [2.05, 4.69) is 29.7 Å². The maximum Gasteiger partial charge on any atom is 0.221 e. The van der Waals surface area contributed by atoms with Crippen LogP contribution in [-0.4, -0.2) is 12.5 Å². The molecule has 22 heavy (non-hydrogen) atoms. The largest absolute Gasteiger partial charge is 0.350 e. The van der Waals surface area contributed by atoms with Gasteiger partial charge in [-0.2, -0.15) is 0 Å². The highest BCUT2D eigenvalue weighted by Gasteiger charge is 2.10. The zero-order valence-electron chi connectivity index (χ0n) is 13.3. The van der Waals surface area contributed by atoms with Gasteiger partial charge in [0.1, 0.15) is 0 Å². The zero-order valence-corrected chi connectivity index (χ0v) is 13.3. The Kier molecular flexibility index (Phi) is 6.16. The highest BCUT2D eigenvalue weighted by atomic mass is 16.1. The summed E-state index contributed by atoms with van der Waals surface area (Å²) in [7, 11) is 0. The molecule has 0 aromatic heterocycles. The monoisotopic (exact) mass is 296 g/mol. The summed E-state index contributed by atoms with van der Waals surface area (Å²) in [6.07, 6.45) is 0.481. The fourth-order valence-electron chi connectivity index (χ4n) is 2.40. The van der Waals surface area contributed by atoms with Crippen molar-refractivity contribution in [3.8, 4) is 0 Å². The zero-order chi connectivity index (χ0) is 15.8. The second-order valence-electron chi connectivity index (χ2n) is 5.54. The minimum atomic E-state index is 0.0419. The average molecular weight is 296 g/mol. The molecule has 0 saturated carbocycles. The summed E-state index contributed by atoms with van der Waals surface area (Å²) < 4.78 is 0. The second-order valence-corrected chi connectivity index (χ2v) is 5.54. The lowest BCUT2D eigenvalue weighted by Gasteiger charge is -2.16. The smallest absolute Gasteiger partial charge is 0.221 e. The van der Waals surface area contributed by atoms with Gasteiger partial charge in [-0.3, -0.25) is 4.79 Å². The molecule has 0 aliphatic rings. The number of carbonyl (C=O) groups excluding carboxylic acids is 1. The Bertz CT molecular complexity index is 569. The molecular formula is C19H24N2O. The maximum absolute atomic E-state index is 12.0. The van der Waals surface area contributed by atoms with E-state index in [4.69, 9.17) is 0 Å². The number of carbonyl (C=O) groups is 1. The van der Waals surface area contributed by atoms with E-state index in [1.165, 1.54) is 5.56 Å². The second kappa shape index (κ2) is 8.35. The number of rotatable bonds is 7. The molecular weight excluding hydrogens is 272 g/mol. The third-order valence-electron chi connectivity index (χ3n) is 3.78. The van der Waals surface area contributed by atoms with E-state index in [-0.39, 0.29) is 18.0 Å². The third-order valence-corrected chi connectivity index (χ3v) is 3.78. The van der Waals surface area contributed by atoms with Crippen LogP contribution >= 0.6 is 0 Å². The molecule has 2 aromatic rings. The summed E-state index contributed by atoms with van der Waals surface area (Å²) in [6, 6.07) is 20.6. The molecule has 0 spiro atoms. The maximum atomic E-state index is 12.0. The Hall–Kier alpha value is -2.13. The predicted molar refractivity (Wildman–Crippen MR) is 90.5 cm³/mol. The topological polar surface area (TPSA) is 41.1 Å². The molecule has 116 valence electrons. The first-order chi connectivity index (χ1) is 10.7. The van der Waals surface area contributed by atoms with E-state index in [0.717, 1.165) is 5.56 Å². The van der Waals surface area contributed by atoms with Crippen LogP contribution in [0, 0.1) is 0 Å². The number of hydrogen-bond acceptors (Lipinski definition) is 2. The molecule has 0 radical (unpaired) electrons. The van der Waals surface area contributed by atoms with Crippen molar-refractivity contribution >= 4 is 5.91 Å². The van der Waals surface area contributed by atoms with Crippen molar-refractivity contribution in [2.75, 3.05) is 6.54 Å². The van der Waals surface area contributed by atoms with Crippen LogP contribution in [0.1, 0.15) is 43.5 Å². The number of amides is 1. The first-order valence-corrected chi connectivity index (χ1v) is 7.79. The van der Waals surface area contributed by atoms with Gasteiger partial charge in [-0.1, -0.05) is 60.7 Å². The summed E-state index contributed by atoms with van der Waals surface area (Å²) in [5, 5.41) is 6.41. The lowest BCUT2D eigenvalue weighted by molar-refractivity contribution is -0.121. The fraction of sp³-hybridized carbons (Fsp3) is 0.316. The highest BCUT2D eigenvalue weighted by molar-refractivity contribution is 5.76. The van der Waals surface area contributed by atoms with Crippen LogP contribution in [0.25, 0.3) is 0 Å². The third kappa shape index (κ3) is 5.01. The van der Waals surface area contributed by atoms with Gasteiger partial charge < -0.3 is 10.6 Å². The van der Waals surface area contributed by atoms with Crippen LogP contribution in [0.3, 0.4) is 0 Å². The SMILES string of the molecule is CC(NCCC(=O)NC(C)c1ccccc1)c1ccccc1. The molecule has 0 aliphatic carbocycles. The van der Waals surface area contributed by atoms with Gasteiger partial charge in [0.15, 0.2) is 0 Å². The van der Waals surface area contributed by atoms with Crippen LogP contribution in [0.2, 0.25) is 0 Å². The standard InChI is InChI=1S/C19H24N2O/c1-15(17-9-5-3-6-10-17)20-14-13-19(22)21-16(2)18-11-7-4-8-12-18/h3-12,15-16,20H,13-14H2,1-2H3,(H,21,22). The number of hydrogen-bond donors (Lipinski definition) is 2. The van der Waals surface area contributed by atoms with Crippen LogP contribution in [0.4, 0.5) is 0 Å². The van der Waals surface area contributed by atoms with Crippen molar-refractivity contribution in [1.29, 1.82) is 0 Å². The van der Waals surface area contributed by atoms with Crippen molar-refractivity contribution in [3.63, 3.8) is 0 Å². The molecule has 0 fully saturated rings. The Labute approximate surface area is 132 Å². The summed E-state index contributed by atoms with van der Waals surface area (Å²) in [6.45, 7) is 4.79. The first-order valence-electron chi connectivity index (χ1n) is 7.79. The van der Waals surface area contributed by atoms with Crippen LogP contribution in [0.5, 0.6) is 0 Å². The van der Waals surface area contributed by atoms with Crippen LogP contribution in [0.15, 0.2) is 60.7 Å². The van der Waals surface area contributed by atoms with Gasteiger partial charge in [0.25, 0.3) is 0 Å². The van der Waals surface area contributed by atoms with Gasteiger partial charge in [0.2, 0.25) is 5.91 Å². The molecule has 2 rings (SSSR count). The Morgan fingerprint density at radius 2 is 1.36 bits per heavy atom. The van der Waals surface area contributed by atoms with Crippen molar-refractivity contribution < 1.29 is 4.79 Å². The lowest BCUT2D eigenvalue weighted by atomic mass is 10.1. The molecule has 0 bridgehead atoms. The summed E-state index contributed by atoms with van der Waals surface area (Å²) in [5.74, 6) is 0.0733. The van der Waals surface area contributed by atoms with Crippen molar-refractivity contribution in [2.45, 2.75) is 32.4 Å². The summed E-state index contributed by atoms with van der Waals surface area (Å²) in [4.78, 5) is 12.0. The minimum Gasteiger partial charge on any atom is -0.350 e. The van der Waals surface area contributed by atoms with Crippen molar-refractivity contribution in [2.24, 2.45) is 0 Å². The molecule has 0 aliphatic heterocycles. The molecule has 2 N–H and O–H groups in total. The van der Waals surface area contributed by atoms with Gasteiger partial charge in [0.05, 0.1) is 6.04 Å². The van der Waals surface area contributed by atoms with E-state index in [9.17, 15) is 4.79 Å². The van der Waals surface area contributed by atoms with Gasteiger partial charge in [-0.25, -0.2) is 0 Å². The Morgan fingerprint density at radius 3 is 1.91 bits per heavy atom. The normalized spacial score (nSPS) is 13.4. The van der Waals surface area contributed by atoms with Crippen LogP contribution in [-0.2, 0) is 4.79 Å². The molecule has 1 amide bonds. The number of nitrogens with one attached hydrogen (secondary N) is 2. The molecule has 2 unspecified atom stereocenters. The quantitative estimate of drug-likeness (QED) is 0.819. The summed E-state index contributed by atoms with van der Waals surface area (Å²) in [5.41, 5.74) is 2.36.